The summed E-state index contributed by atoms with van der Waals surface area (Å²) >= 11 is 0. The molecule has 100 valence electrons. The fraction of sp³-hybridized carbons (Fsp3) is 0.625. The fourth-order valence-corrected chi connectivity index (χ4v) is 2.96. The van der Waals surface area contributed by atoms with Gasteiger partial charge >= 0.3 is 0 Å². The molecular weight excluding hydrogens is 220 g/mol. The summed E-state index contributed by atoms with van der Waals surface area (Å²) in [6, 6.07) is 9.74. The first kappa shape index (κ1) is 13.6. The molecule has 0 spiro atoms. The average molecular weight is 246 g/mol. The van der Waals surface area contributed by atoms with Crippen LogP contribution in [0.5, 0.6) is 0 Å². The van der Waals surface area contributed by atoms with Crippen LogP contribution in [-0.2, 0) is 6.54 Å². The number of rotatable bonds is 3. The van der Waals surface area contributed by atoms with Crippen LogP contribution in [-0.4, -0.2) is 24.0 Å². The molecule has 1 aromatic carbocycles. The number of hydrogen-bond donors (Lipinski definition) is 1. The van der Waals surface area contributed by atoms with E-state index in [0.717, 1.165) is 6.54 Å². The van der Waals surface area contributed by atoms with Gasteiger partial charge in [-0.05, 0) is 32.4 Å². The molecule has 1 fully saturated rings. The molecule has 0 aromatic heterocycles. The minimum absolute atomic E-state index is 0.350. The van der Waals surface area contributed by atoms with Gasteiger partial charge in [-0.25, -0.2) is 0 Å². The van der Waals surface area contributed by atoms with Gasteiger partial charge in [-0.15, -0.1) is 0 Å². The molecule has 18 heavy (non-hydrogen) atoms. The Kier molecular flexibility index (Phi) is 4.79. The van der Waals surface area contributed by atoms with Crippen LogP contribution in [0.1, 0.15) is 43.2 Å². The second-order valence-corrected chi connectivity index (χ2v) is 5.77. The maximum Gasteiger partial charge on any atom is 0.0247 e. The number of nitrogens with two attached hydrogens (primary N) is 1. The normalized spacial score (nSPS) is 25.1. The van der Waals surface area contributed by atoms with Crippen LogP contribution in [0, 0.1) is 6.92 Å². The molecule has 2 heteroatoms. The van der Waals surface area contributed by atoms with E-state index in [-0.39, 0.29) is 0 Å². The largest absolute Gasteiger partial charge is 0.326 e. The Morgan fingerprint density at radius 3 is 2.50 bits per heavy atom. The number of aryl methyl sites for hydroxylation is 1. The highest BCUT2D eigenvalue weighted by Gasteiger charge is 2.23. The Bertz CT molecular complexity index is 358. The van der Waals surface area contributed by atoms with Crippen molar-refractivity contribution in [3.05, 3.63) is 35.4 Å². The van der Waals surface area contributed by atoms with Gasteiger partial charge in [-0.2, -0.15) is 0 Å². The Morgan fingerprint density at radius 2 is 1.78 bits per heavy atom. The van der Waals surface area contributed by atoms with Gasteiger partial charge in [0.2, 0.25) is 0 Å². The Labute approximate surface area is 111 Å². The Hall–Kier alpha value is -0.860. The number of nitrogens with zero attached hydrogens (tertiary/aromatic N) is 1. The first-order valence-electron chi connectivity index (χ1n) is 7.18. The highest BCUT2D eigenvalue weighted by molar-refractivity contribution is 5.21. The third kappa shape index (κ3) is 3.56. The smallest absolute Gasteiger partial charge is 0.0247 e. The van der Waals surface area contributed by atoms with E-state index >= 15 is 0 Å². The number of benzene rings is 1. The molecule has 0 aliphatic heterocycles. The van der Waals surface area contributed by atoms with Gasteiger partial charge in [-0.3, -0.25) is 4.90 Å². The molecular formula is C16H26N2. The predicted octanol–water partition coefficient (Wildman–Crippen LogP) is 3.09. The van der Waals surface area contributed by atoms with Crippen molar-refractivity contribution in [2.75, 3.05) is 7.05 Å². The minimum atomic E-state index is 0.350. The molecule has 1 saturated carbocycles. The van der Waals surface area contributed by atoms with Crippen molar-refractivity contribution < 1.29 is 0 Å². The third-order valence-electron chi connectivity index (χ3n) is 4.15. The van der Waals surface area contributed by atoms with Gasteiger partial charge in [-0.1, -0.05) is 49.1 Å². The zero-order valence-electron chi connectivity index (χ0n) is 11.7. The Morgan fingerprint density at radius 1 is 1.11 bits per heavy atom. The van der Waals surface area contributed by atoms with Crippen LogP contribution in [0.4, 0.5) is 0 Å². The van der Waals surface area contributed by atoms with Gasteiger partial charge in [0.15, 0.2) is 0 Å². The fourth-order valence-electron chi connectivity index (χ4n) is 2.96. The minimum Gasteiger partial charge on any atom is -0.326 e. The van der Waals surface area contributed by atoms with Crippen molar-refractivity contribution in [3.8, 4) is 0 Å². The summed E-state index contributed by atoms with van der Waals surface area (Å²) in [5, 5.41) is 0. The van der Waals surface area contributed by atoms with Gasteiger partial charge in [0.1, 0.15) is 0 Å². The van der Waals surface area contributed by atoms with Gasteiger partial charge in [0.25, 0.3) is 0 Å². The van der Waals surface area contributed by atoms with Crippen molar-refractivity contribution in [1.29, 1.82) is 0 Å². The van der Waals surface area contributed by atoms with E-state index in [1.54, 1.807) is 0 Å². The molecule has 0 bridgehead atoms. The summed E-state index contributed by atoms with van der Waals surface area (Å²) in [7, 11) is 2.22. The summed E-state index contributed by atoms with van der Waals surface area (Å²) in [5.41, 5.74) is 9.03. The predicted molar refractivity (Wildman–Crippen MR) is 77.5 cm³/mol. The van der Waals surface area contributed by atoms with Crippen molar-refractivity contribution in [3.63, 3.8) is 0 Å². The lowest BCUT2D eigenvalue weighted by atomic mass is 10.0. The van der Waals surface area contributed by atoms with Crippen LogP contribution in [0.15, 0.2) is 24.3 Å². The lowest BCUT2D eigenvalue weighted by Gasteiger charge is -2.31. The quantitative estimate of drug-likeness (QED) is 0.830. The van der Waals surface area contributed by atoms with Gasteiger partial charge < -0.3 is 5.73 Å². The molecule has 2 atom stereocenters. The lowest BCUT2D eigenvalue weighted by Crippen LogP contribution is -2.44. The first-order valence-corrected chi connectivity index (χ1v) is 7.18. The molecule has 1 aliphatic carbocycles. The summed E-state index contributed by atoms with van der Waals surface area (Å²) in [4.78, 5) is 2.45. The van der Waals surface area contributed by atoms with Crippen molar-refractivity contribution in [2.24, 2.45) is 5.73 Å². The maximum atomic E-state index is 6.32. The summed E-state index contributed by atoms with van der Waals surface area (Å²) in [6.45, 7) is 3.15. The van der Waals surface area contributed by atoms with Crippen molar-refractivity contribution in [1.82, 2.24) is 4.90 Å². The van der Waals surface area contributed by atoms with Gasteiger partial charge in [0.05, 0.1) is 0 Å². The van der Waals surface area contributed by atoms with Crippen LogP contribution in [0.3, 0.4) is 0 Å². The highest BCUT2D eigenvalue weighted by Crippen LogP contribution is 2.21. The molecule has 1 aliphatic rings. The number of likely N-dealkylation sites (N-methyl/N-ethyl adjacent to an activating group) is 1. The lowest BCUT2D eigenvalue weighted by molar-refractivity contribution is 0.193. The second-order valence-electron chi connectivity index (χ2n) is 5.77. The molecule has 1 aromatic rings. The molecule has 0 radical (unpaired) electrons. The van der Waals surface area contributed by atoms with E-state index in [4.69, 9.17) is 5.73 Å². The van der Waals surface area contributed by atoms with E-state index in [9.17, 15) is 0 Å². The average Bonchev–Trinajstić information content (AvgIpc) is 2.57. The van der Waals surface area contributed by atoms with E-state index in [2.05, 4.69) is 43.1 Å². The third-order valence-corrected chi connectivity index (χ3v) is 4.15. The van der Waals surface area contributed by atoms with E-state index in [0.29, 0.717) is 12.1 Å². The zero-order valence-corrected chi connectivity index (χ0v) is 11.7. The molecule has 2 N–H and O–H groups in total. The van der Waals surface area contributed by atoms with E-state index < -0.39 is 0 Å². The second kappa shape index (κ2) is 6.35. The zero-order chi connectivity index (χ0) is 13.0. The molecule has 2 unspecified atom stereocenters. The summed E-state index contributed by atoms with van der Waals surface area (Å²) in [5.74, 6) is 0. The summed E-state index contributed by atoms with van der Waals surface area (Å²) < 4.78 is 0. The summed E-state index contributed by atoms with van der Waals surface area (Å²) in [6.07, 6.45) is 6.42. The van der Waals surface area contributed by atoms with Crippen molar-refractivity contribution >= 4 is 0 Å². The van der Waals surface area contributed by atoms with E-state index in [1.807, 2.05) is 0 Å². The Balaban J connectivity index is 1.97. The topological polar surface area (TPSA) is 29.3 Å². The van der Waals surface area contributed by atoms with E-state index in [1.165, 1.54) is 43.2 Å². The maximum absolute atomic E-state index is 6.32. The van der Waals surface area contributed by atoms with Crippen LogP contribution < -0.4 is 5.73 Å². The molecule has 0 heterocycles. The molecule has 0 amide bonds. The monoisotopic (exact) mass is 246 g/mol. The van der Waals surface area contributed by atoms with Crippen LogP contribution >= 0.6 is 0 Å². The van der Waals surface area contributed by atoms with Crippen LogP contribution in [0.2, 0.25) is 0 Å². The van der Waals surface area contributed by atoms with Crippen molar-refractivity contribution in [2.45, 2.75) is 57.7 Å². The SMILES string of the molecule is Cc1ccc(CN(C)C2CCCCCC2N)cc1. The van der Waals surface area contributed by atoms with Gasteiger partial charge in [0, 0.05) is 18.6 Å². The standard InChI is InChI=1S/C16H26N2/c1-13-8-10-14(11-9-13)12-18(2)16-7-5-3-4-6-15(16)17/h8-11,15-16H,3-7,12,17H2,1-2H3. The molecule has 2 nitrogen and oxygen atoms in total. The molecule has 0 saturated heterocycles. The number of hydrogen-bond acceptors (Lipinski definition) is 2. The van der Waals surface area contributed by atoms with Crippen LogP contribution in [0.25, 0.3) is 0 Å². The molecule has 2 rings (SSSR count). The highest BCUT2D eigenvalue weighted by atomic mass is 15.1. The first-order chi connectivity index (χ1) is 8.66.